The van der Waals surface area contributed by atoms with Crippen molar-refractivity contribution in [2.24, 2.45) is 5.92 Å². The van der Waals surface area contributed by atoms with Gasteiger partial charge in [-0.05, 0) is 23.0 Å². The molecule has 1 aliphatic carbocycles. The van der Waals surface area contributed by atoms with Gasteiger partial charge >= 0.3 is 0 Å². The minimum absolute atomic E-state index is 0.608. The van der Waals surface area contributed by atoms with Crippen LogP contribution in [0.4, 0.5) is 0 Å². The molecule has 0 spiro atoms. The van der Waals surface area contributed by atoms with Crippen molar-refractivity contribution in [3.05, 3.63) is 0 Å². The Bertz CT molecular complexity index is 263. The van der Waals surface area contributed by atoms with E-state index in [1.54, 1.807) is 0 Å². The van der Waals surface area contributed by atoms with Crippen LogP contribution < -0.4 is 0 Å². The molecule has 1 aliphatic rings. The Morgan fingerprint density at radius 3 is 2.17 bits per heavy atom. The highest BCUT2D eigenvalue weighted by molar-refractivity contribution is 6.76. The van der Waals surface area contributed by atoms with Crippen LogP contribution in [0.5, 0.6) is 0 Å². The van der Waals surface area contributed by atoms with Gasteiger partial charge in [-0.25, -0.2) is 0 Å². The Hall–Kier alpha value is -0.423. The first-order valence-corrected chi connectivity index (χ1v) is 9.93. The van der Waals surface area contributed by atoms with Crippen LogP contribution in [0.2, 0.25) is 17.1 Å². The number of hydrogen-bond acceptors (Lipinski definition) is 1. The molecule has 0 atom stereocenters. The van der Waals surface area contributed by atoms with Gasteiger partial charge in [0.2, 0.25) is 0 Å². The van der Waals surface area contributed by atoms with Gasteiger partial charge < -0.3 is 4.43 Å². The van der Waals surface area contributed by atoms with Gasteiger partial charge in [0.25, 0.3) is 8.32 Å². The monoisotopic (exact) mass is 266 g/mol. The van der Waals surface area contributed by atoms with E-state index in [0.717, 1.165) is 5.92 Å². The van der Waals surface area contributed by atoms with E-state index in [2.05, 4.69) is 33.8 Å². The molecule has 104 valence electrons. The number of rotatable bonds is 7. The molecule has 0 aromatic rings. The Morgan fingerprint density at radius 2 is 1.72 bits per heavy atom. The largest absolute Gasteiger partial charge is 0.500 e. The normalized spacial score (nSPS) is 17.4. The molecule has 1 fully saturated rings. The fourth-order valence-corrected chi connectivity index (χ4v) is 7.64. The van der Waals surface area contributed by atoms with Gasteiger partial charge in [-0.1, -0.05) is 72.6 Å². The molecule has 1 saturated carbocycles. The van der Waals surface area contributed by atoms with Gasteiger partial charge in [-0.2, -0.15) is 0 Å². The lowest BCUT2D eigenvalue weighted by Crippen LogP contribution is -2.43. The van der Waals surface area contributed by atoms with Gasteiger partial charge in [-0.3, -0.25) is 0 Å². The average Bonchev–Trinajstić information content (AvgIpc) is 2.80. The molecule has 0 radical (unpaired) electrons. The fourth-order valence-electron chi connectivity index (χ4n) is 3.61. The minimum atomic E-state index is -1.76. The molecular formula is C16H30OSi. The molecule has 0 unspecified atom stereocenters. The lowest BCUT2D eigenvalue weighted by molar-refractivity contribution is 0.442. The predicted molar refractivity (Wildman–Crippen MR) is 81.9 cm³/mol. The van der Waals surface area contributed by atoms with Crippen molar-refractivity contribution in [3.63, 3.8) is 0 Å². The Labute approximate surface area is 115 Å². The first kappa shape index (κ1) is 15.6. The number of terminal acetylenes is 1. The van der Waals surface area contributed by atoms with E-state index in [4.69, 9.17) is 10.8 Å². The Kier molecular flexibility index (Phi) is 6.28. The van der Waals surface area contributed by atoms with E-state index in [9.17, 15) is 0 Å². The zero-order valence-corrected chi connectivity index (χ0v) is 13.7. The molecule has 0 aliphatic heterocycles. The second-order valence-corrected chi connectivity index (χ2v) is 11.5. The van der Waals surface area contributed by atoms with Gasteiger partial charge in [-0.15, -0.1) is 0 Å². The van der Waals surface area contributed by atoms with Gasteiger partial charge in [0.15, 0.2) is 0 Å². The summed E-state index contributed by atoms with van der Waals surface area (Å²) in [4.78, 5) is 0. The smallest absolute Gasteiger partial charge is 0.269 e. The van der Waals surface area contributed by atoms with Gasteiger partial charge in [0.1, 0.15) is 0 Å². The van der Waals surface area contributed by atoms with Crippen LogP contribution in [0, 0.1) is 18.4 Å². The van der Waals surface area contributed by atoms with Crippen LogP contribution in [0.1, 0.15) is 66.2 Å². The molecule has 0 amide bonds. The summed E-state index contributed by atoms with van der Waals surface area (Å²) < 4.78 is 5.88. The maximum absolute atomic E-state index is 5.88. The van der Waals surface area contributed by atoms with E-state index in [0.29, 0.717) is 11.1 Å². The van der Waals surface area contributed by atoms with E-state index in [-0.39, 0.29) is 0 Å². The fraction of sp³-hybridized carbons (Fsp3) is 0.875. The van der Waals surface area contributed by atoms with Crippen LogP contribution in [-0.4, -0.2) is 8.32 Å². The van der Waals surface area contributed by atoms with E-state index < -0.39 is 8.32 Å². The lowest BCUT2D eigenvalue weighted by Gasteiger charge is -2.36. The zero-order valence-electron chi connectivity index (χ0n) is 12.7. The Morgan fingerprint density at radius 1 is 1.17 bits per heavy atom. The number of hydrogen-bond donors (Lipinski definition) is 0. The molecule has 0 heterocycles. The van der Waals surface area contributed by atoms with Crippen molar-refractivity contribution < 1.29 is 4.43 Å². The molecule has 1 nitrogen and oxygen atoms in total. The van der Waals surface area contributed by atoms with Crippen LogP contribution in [0.3, 0.4) is 0 Å². The summed E-state index contributed by atoms with van der Waals surface area (Å²) in [6, 6.07) is 1.24. The highest BCUT2D eigenvalue weighted by Crippen LogP contribution is 2.39. The summed E-state index contributed by atoms with van der Waals surface area (Å²) in [6.45, 7) is 9.16. The van der Waals surface area contributed by atoms with Gasteiger partial charge in [0, 0.05) is 0 Å². The topological polar surface area (TPSA) is 9.23 Å². The molecule has 0 N–H and O–H groups in total. The van der Waals surface area contributed by atoms with E-state index >= 15 is 0 Å². The van der Waals surface area contributed by atoms with Crippen LogP contribution >= 0.6 is 0 Å². The molecule has 0 aromatic heterocycles. The van der Waals surface area contributed by atoms with Crippen molar-refractivity contribution in [2.75, 3.05) is 0 Å². The first-order valence-electron chi connectivity index (χ1n) is 7.66. The summed E-state index contributed by atoms with van der Waals surface area (Å²) in [7, 11) is -1.76. The average molecular weight is 267 g/mol. The molecule has 1 rings (SSSR count). The molecule has 0 bridgehead atoms. The molecule has 18 heavy (non-hydrogen) atoms. The standard InChI is InChI=1S/C16H30OSi/c1-6-17-18(14(2)3,15(4)5)13-9-12-16-10-7-8-11-16/h1,14-16H,7-13H2,2-5H3. The van der Waals surface area contributed by atoms with E-state index in [1.807, 2.05) is 0 Å². The van der Waals surface area contributed by atoms with Crippen LogP contribution in [0.15, 0.2) is 0 Å². The third kappa shape index (κ3) is 3.78. The minimum Gasteiger partial charge on any atom is -0.500 e. The predicted octanol–water partition coefficient (Wildman–Crippen LogP) is 5.33. The second-order valence-electron chi connectivity index (χ2n) is 6.53. The van der Waals surface area contributed by atoms with E-state index in [1.165, 1.54) is 44.6 Å². The van der Waals surface area contributed by atoms with Crippen molar-refractivity contribution in [1.82, 2.24) is 0 Å². The molecule has 0 saturated heterocycles. The molecule has 0 aromatic carbocycles. The first-order chi connectivity index (χ1) is 8.53. The Balaban J connectivity index is 2.52. The molecule has 2 heteroatoms. The maximum Gasteiger partial charge on any atom is 0.269 e. The van der Waals surface area contributed by atoms with Crippen molar-refractivity contribution in [3.8, 4) is 12.5 Å². The third-order valence-corrected chi connectivity index (χ3v) is 10.4. The summed E-state index contributed by atoms with van der Waals surface area (Å²) >= 11 is 0. The molecular weight excluding hydrogens is 236 g/mol. The second kappa shape index (κ2) is 7.24. The lowest BCUT2D eigenvalue weighted by atomic mass is 10.0. The summed E-state index contributed by atoms with van der Waals surface area (Å²) in [6.07, 6.45) is 16.5. The quantitative estimate of drug-likeness (QED) is 0.447. The highest BCUT2D eigenvalue weighted by Gasteiger charge is 2.43. The summed E-state index contributed by atoms with van der Waals surface area (Å²) in [5.74, 6) is 0.988. The summed E-state index contributed by atoms with van der Waals surface area (Å²) in [5, 5.41) is 0. The van der Waals surface area contributed by atoms with Gasteiger partial charge in [0.05, 0.1) is 6.11 Å². The van der Waals surface area contributed by atoms with Crippen molar-refractivity contribution >= 4 is 8.32 Å². The van der Waals surface area contributed by atoms with Crippen LogP contribution in [-0.2, 0) is 4.43 Å². The highest BCUT2D eigenvalue weighted by atomic mass is 28.4. The summed E-state index contributed by atoms with van der Waals surface area (Å²) in [5.41, 5.74) is 1.22. The van der Waals surface area contributed by atoms with Crippen LogP contribution in [0.25, 0.3) is 0 Å². The third-order valence-electron chi connectivity index (χ3n) is 4.86. The SMILES string of the molecule is C#CO[Si](CCCC1CCCC1)(C(C)C)C(C)C. The maximum atomic E-state index is 5.88. The van der Waals surface area contributed by atoms with Crippen molar-refractivity contribution in [1.29, 1.82) is 0 Å². The van der Waals surface area contributed by atoms with Crippen molar-refractivity contribution in [2.45, 2.75) is 83.3 Å². The zero-order chi connectivity index (χ0) is 13.6.